The highest BCUT2D eigenvalue weighted by Gasteiger charge is 2.31. The Hall–Kier alpha value is -3.82. The summed E-state index contributed by atoms with van der Waals surface area (Å²) in [6.07, 6.45) is 3.20. The Bertz CT molecular complexity index is 1430. The van der Waals surface area contributed by atoms with Crippen LogP contribution in [0.5, 0.6) is 5.75 Å². The summed E-state index contributed by atoms with van der Waals surface area (Å²) in [5.74, 6) is 0.587. The van der Waals surface area contributed by atoms with Gasteiger partial charge in [0.25, 0.3) is 0 Å². The van der Waals surface area contributed by atoms with Gasteiger partial charge in [0.2, 0.25) is 0 Å². The summed E-state index contributed by atoms with van der Waals surface area (Å²) in [6.45, 7) is 3.41. The summed E-state index contributed by atoms with van der Waals surface area (Å²) in [5.41, 5.74) is 5.72. The molecule has 6 rings (SSSR count). The first kappa shape index (κ1) is 22.6. The molecule has 5 nitrogen and oxygen atoms in total. The molecular weight excluding hydrogens is 453 g/mol. The maximum atomic E-state index is 13.3. The number of rotatable bonds is 7. The van der Waals surface area contributed by atoms with E-state index in [-0.39, 0.29) is 18.0 Å². The largest absolute Gasteiger partial charge is 0.488 e. The third kappa shape index (κ3) is 4.31. The van der Waals surface area contributed by atoms with Crippen LogP contribution in [0.25, 0.3) is 22.2 Å². The van der Waals surface area contributed by atoms with Crippen LogP contribution in [0.1, 0.15) is 49.4 Å². The summed E-state index contributed by atoms with van der Waals surface area (Å²) >= 11 is 0. The Morgan fingerprint density at radius 3 is 2.50 bits per heavy atom. The van der Waals surface area contributed by atoms with Crippen molar-refractivity contribution < 1.29 is 13.9 Å². The van der Waals surface area contributed by atoms with E-state index in [1.807, 2.05) is 24.3 Å². The third-order valence-corrected chi connectivity index (χ3v) is 7.10. The summed E-state index contributed by atoms with van der Waals surface area (Å²) in [5, 5.41) is 14.6. The Balaban J connectivity index is 1.33. The van der Waals surface area contributed by atoms with Gasteiger partial charge in [0.15, 0.2) is 0 Å². The zero-order valence-electron chi connectivity index (χ0n) is 20.2. The lowest BCUT2D eigenvalue weighted by Crippen LogP contribution is -2.15. The molecule has 1 aliphatic heterocycles. The van der Waals surface area contributed by atoms with Crippen molar-refractivity contribution in [2.24, 2.45) is 0 Å². The second-order valence-corrected chi connectivity index (χ2v) is 9.71. The second kappa shape index (κ2) is 9.33. The molecule has 1 saturated heterocycles. The van der Waals surface area contributed by atoms with E-state index in [2.05, 4.69) is 41.1 Å². The molecule has 3 aromatic carbocycles. The van der Waals surface area contributed by atoms with Crippen LogP contribution in [-0.2, 0) is 4.74 Å². The molecule has 1 aromatic heterocycles. The number of ether oxygens (including phenoxy) is 2. The minimum Gasteiger partial charge on any atom is -0.488 e. The minimum atomic E-state index is -0.235. The molecule has 182 valence electrons. The van der Waals surface area contributed by atoms with Crippen molar-refractivity contribution >= 4 is 16.6 Å². The lowest BCUT2D eigenvalue weighted by molar-refractivity contribution is 0.141. The topological polar surface area (TPSA) is 59.2 Å². The highest BCUT2D eigenvalue weighted by molar-refractivity contribution is 5.95. The molecule has 0 amide bonds. The van der Waals surface area contributed by atoms with Gasteiger partial charge in [-0.25, -0.2) is 4.39 Å². The smallest absolute Gasteiger partial charge is 0.124 e. The van der Waals surface area contributed by atoms with Gasteiger partial charge in [-0.05, 0) is 67.3 Å². The van der Waals surface area contributed by atoms with Crippen molar-refractivity contribution in [1.29, 1.82) is 5.26 Å². The fourth-order valence-corrected chi connectivity index (χ4v) is 5.08. The molecule has 1 saturated carbocycles. The van der Waals surface area contributed by atoms with Crippen LogP contribution < -0.4 is 10.1 Å². The van der Waals surface area contributed by atoms with E-state index in [0.29, 0.717) is 18.2 Å². The van der Waals surface area contributed by atoms with Crippen LogP contribution in [0.2, 0.25) is 0 Å². The van der Waals surface area contributed by atoms with Crippen LogP contribution >= 0.6 is 0 Å². The molecule has 2 unspecified atom stereocenters. The number of hydrogen-bond acceptors (Lipinski definition) is 4. The van der Waals surface area contributed by atoms with Crippen molar-refractivity contribution in [3.8, 4) is 23.1 Å². The molecule has 4 aromatic rings. The van der Waals surface area contributed by atoms with E-state index in [4.69, 9.17) is 9.47 Å². The molecule has 1 aliphatic carbocycles. The zero-order valence-corrected chi connectivity index (χ0v) is 20.2. The molecule has 2 heterocycles. The van der Waals surface area contributed by atoms with Crippen LogP contribution in [0.15, 0.2) is 66.7 Å². The monoisotopic (exact) mass is 481 g/mol. The maximum Gasteiger partial charge on any atom is 0.124 e. The van der Waals surface area contributed by atoms with E-state index in [1.165, 1.54) is 12.1 Å². The predicted octanol–water partition coefficient (Wildman–Crippen LogP) is 6.99. The van der Waals surface area contributed by atoms with Gasteiger partial charge in [-0.2, -0.15) is 5.26 Å². The Kier molecular flexibility index (Phi) is 5.86. The molecule has 36 heavy (non-hydrogen) atoms. The molecule has 2 aliphatic rings. The van der Waals surface area contributed by atoms with E-state index in [9.17, 15) is 9.65 Å². The normalized spacial score (nSPS) is 18.2. The number of nitriles is 1. The third-order valence-electron chi connectivity index (χ3n) is 7.10. The van der Waals surface area contributed by atoms with Crippen LogP contribution in [0.3, 0.4) is 0 Å². The van der Waals surface area contributed by atoms with Crippen molar-refractivity contribution in [2.75, 3.05) is 18.5 Å². The van der Waals surface area contributed by atoms with Crippen molar-refractivity contribution in [2.45, 2.75) is 44.4 Å². The number of nitrogens with zero attached hydrogens (tertiary/aromatic N) is 2. The predicted molar refractivity (Wildman–Crippen MR) is 139 cm³/mol. The summed E-state index contributed by atoms with van der Waals surface area (Å²) < 4.78 is 27.2. The van der Waals surface area contributed by atoms with Gasteiger partial charge in [-0.3, -0.25) is 0 Å². The summed E-state index contributed by atoms with van der Waals surface area (Å²) in [7, 11) is 0. The number of hydrogen-bond donors (Lipinski definition) is 1. The number of fused-ring (bicyclic) bond motifs is 1. The molecule has 0 radical (unpaired) electrons. The molecule has 0 spiro atoms. The Labute approximate surface area is 210 Å². The first-order valence-corrected chi connectivity index (χ1v) is 12.6. The van der Waals surface area contributed by atoms with Crippen molar-refractivity contribution in [3.63, 3.8) is 0 Å². The zero-order chi connectivity index (χ0) is 24.6. The molecule has 2 atom stereocenters. The first-order chi connectivity index (χ1) is 17.6. The number of nitrogens with one attached hydrogen (secondary N) is 1. The standard InChI is InChI=1S/C30H28FN3O2/c1-19(20-2-6-22(31)7-3-20)33-23-8-4-21(5-9-23)30-28(17-32)27-13-12-25(36-26-14-15-35-18-26)16-29(27)34(30)24-10-11-24/h2-9,12-13,16,19,24,26,33H,10-11,14-15,18H2,1H3. The van der Waals surface area contributed by atoms with Crippen molar-refractivity contribution in [1.82, 2.24) is 4.57 Å². The Morgan fingerprint density at radius 1 is 1.06 bits per heavy atom. The maximum absolute atomic E-state index is 13.3. The van der Waals surface area contributed by atoms with Gasteiger partial charge in [0, 0.05) is 35.6 Å². The number of benzene rings is 3. The number of halogens is 1. The fraction of sp³-hybridized carbons (Fsp3) is 0.300. The number of aromatic nitrogens is 1. The summed E-state index contributed by atoms with van der Waals surface area (Å²) in [4.78, 5) is 0. The summed E-state index contributed by atoms with van der Waals surface area (Å²) in [6, 6.07) is 23.7. The van der Waals surface area contributed by atoms with E-state index in [1.54, 1.807) is 12.1 Å². The SMILES string of the molecule is CC(Nc1ccc(-c2c(C#N)c3ccc(OC4CCOC4)cc3n2C2CC2)cc1)c1ccc(F)cc1. The van der Waals surface area contributed by atoms with Crippen LogP contribution in [0.4, 0.5) is 10.1 Å². The lowest BCUT2D eigenvalue weighted by Gasteiger charge is -2.17. The molecule has 6 heteroatoms. The van der Waals surface area contributed by atoms with Gasteiger partial charge in [-0.1, -0.05) is 24.3 Å². The molecule has 2 fully saturated rings. The van der Waals surface area contributed by atoms with E-state index >= 15 is 0 Å². The van der Waals surface area contributed by atoms with E-state index in [0.717, 1.165) is 65.0 Å². The van der Waals surface area contributed by atoms with Gasteiger partial charge < -0.3 is 19.4 Å². The molecule has 1 N–H and O–H groups in total. The van der Waals surface area contributed by atoms with Gasteiger partial charge in [0.05, 0.1) is 30.0 Å². The fourth-order valence-electron chi connectivity index (χ4n) is 5.08. The van der Waals surface area contributed by atoms with Crippen LogP contribution in [0, 0.1) is 17.1 Å². The minimum absolute atomic E-state index is 0.0349. The highest BCUT2D eigenvalue weighted by Crippen LogP contribution is 2.45. The average Bonchev–Trinajstić information content (AvgIpc) is 3.50. The van der Waals surface area contributed by atoms with Gasteiger partial charge in [0.1, 0.15) is 23.7 Å². The van der Waals surface area contributed by atoms with E-state index < -0.39 is 0 Å². The highest BCUT2D eigenvalue weighted by atomic mass is 19.1. The molecule has 0 bridgehead atoms. The molecular formula is C30H28FN3O2. The van der Waals surface area contributed by atoms with Gasteiger partial charge in [-0.15, -0.1) is 0 Å². The van der Waals surface area contributed by atoms with Crippen molar-refractivity contribution in [3.05, 3.63) is 83.7 Å². The lowest BCUT2D eigenvalue weighted by atomic mass is 10.0. The average molecular weight is 482 g/mol. The quantitative estimate of drug-likeness (QED) is 0.309. The second-order valence-electron chi connectivity index (χ2n) is 9.71. The Morgan fingerprint density at radius 2 is 1.83 bits per heavy atom. The first-order valence-electron chi connectivity index (χ1n) is 12.6. The number of anilines is 1. The van der Waals surface area contributed by atoms with Gasteiger partial charge >= 0.3 is 0 Å². The van der Waals surface area contributed by atoms with Crippen LogP contribution in [-0.4, -0.2) is 23.9 Å².